The Morgan fingerprint density at radius 2 is 1.80 bits per heavy atom. The van der Waals surface area contributed by atoms with Crippen molar-refractivity contribution >= 4 is 28.3 Å². The van der Waals surface area contributed by atoms with Crippen molar-refractivity contribution in [1.29, 1.82) is 0 Å². The average Bonchev–Trinajstić information content (AvgIpc) is 2.77. The molecule has 6 nitrogen and oxygen atoms in total. The zero-order chi connectivity index (χ0) is 21.7. The molecule has 0 radical (unpaired) electrons. The Balaban J connectivity index is 1.65. The van der Waals surface area contributed by atoms with Crippen molar-refractivity contribution in [3.8, 4) is 0 Å². The number of piperidine rings is 1. The van der Waals surface area contributed by atoms with Gasteiger partial charge in [-0.2, -0.15) is 4.31 Å². The van der Waals surface area contributed by atoms with E-state index >= 15 is 0 Å². The largest absolute Gasteiger partial charge is 0.419 e. The van der Waals surface area contributed by atoms with Crippen molar-refractivity contribution in [2.45, 2.75) is 36.6 Å². The van der Waals surface area contributed by atoms with Gasteiger partial charge in [-0.3, -0.25) is 0 Å². The summed E-state index contributed by atoms with van der Waals surface area (Å²) >= 11 is 0. The van der Waals surface area contributed by atoms with Crippen molar-refractivity contribution in [3.63, 3.8) is 0 Å². The van der Waals surface area contributed by atoms with E-state index in [1.165, 1.54) is 21.0 Å². The van der Waals surface area contributed by atoms with E-state index in [2.05, 4.69) is 13.3 Å². The van der Waals surface area contributed by atoms with E-state index in [-0.39, 0.29) is 16.8 Å². The van der Waals surface area contributed by atoms with Crippen LogP contribution in [-0.2, 0) is 21.2 Å². The number of nitrogens with zero attached hydrogens (tertiary/aromatic N) is 2. The number of carbonyl (C=O) groups excluding carboxylic acids is 1. The molecule has 2 N–H and O–H groups in total. The first-order chi connectivity index (χ1) is 14.3. The van der Waals surface area contributed by atoms with E-state index in [1.54, 1.807) is 12.1 Å². The maximum absolute atomic E-state index is 12.8. The molecule has 0 aliphatic carbocycles. The van der Waals surface area contributed by atoms with Gasteiger partial charge in [-0.05, 0) is 43.4 Å². The number of carbonyl (C=O) groups is 1. The minimum absolute atomic E-state index is 0.136. The van der Waals surface area contributed by atoms with Crippen molar-refractivity contribution in [2.24, 2.45) is 5.73 Å². The molecule has 7 heteroatoms. The van der Waals surface area contributed by atoms with Gasteiger partial charge in [0.15, 0.2) is 0 Å². The molecule has 30 heavy (non-hydrogen) atoms. The quantitative estimate of drug-likeness (QED) is 0.419. The highest BCUT2D eigenvalue weighted by molar-refractivity contribution is 7.89. The molecule has 1 aliphatic rings. The maximum Gasteiger partial charge on any atom is 0.419 e. The molecule has 0 spiro atoms. The Morgan fingerprint density at radius 1 is 1.13 bits per heavy atom. The smallest absolute Gasteiger partial charge is 0.327 e. The molecule has 1 amide bonds. The fourth-order valence-electron chi connectivity index (χ4n) is 3.49. The van der Waals surface area contributed by atoms with E-state index in [4.69, 9.17) is 5.73 Å². The second-order valence-corrected chi connectivity index (χ2v) is 9.52. The summed E-state index contributed by atoms with van der Waals surface area (Å²) in [6, 6.07) is 15.9. The first kappa shape index (κ1) is 22.1. The van der Waals surface area contributed by atoms with Gasteiger partial charge in [0.2, 0.25) is 15.7 Å². The van der Waals surface area contributed by atoms with E-state index < -0.39 is 10.0 Å². The van der Waals surface area contributed by atoms with Gasteiger partial charge in [-0.1, -0.05) is 36.9 Å². The minimum atomic E-state index is -3.60. The summed E-state index contributed by atoms with van der Waals surface area (Å²) in [6.45, 7) is 8.51. The Labute approximate surface area is 178 Å². The standard InChI is InChI=1S/C23H28N3O3S/c1-18(10-11-19-7-4-3-5-8-19)23(27)25(2)21-12-14-22(15-13-21)30(28,29)26-16-6-9-20(24)17-26/h3-5,7-8,12-15,20H,1-2,6,9-11,16-17,24H2/q+1. The molecule has 158 valence electrons. The van der Waals surface area contributed by atoms with Crippen LogP contribution in [0, 0.1) is 0 Å². The maximum atomic E-state index is 12.8. The second-order valence-electron chi connectivity index (χ2n) is 7.58. The SMILES string of the molecule is C=C(CCc1ccccc1)C(=O)[N+](=C)c1ccc(S(=O)(=O)N2CCCC(N)C2)cc1. The van der Waals surface area contributed by atoms with E-state index in [0.29, 0.717) is 37.2 Å². The Hall–Kier alpha value is -2.61. The molecule has 1 fully saturated rings. The fourth-order valence-corrected chi connectivity index (χ4v) is 5.03. The molecule has 0 saturated carbocycles. The first-order valence-electron chi connectivity index (χ1n) is 10.0. The van der Waals surface area contributed by atoms with Crippen LogP contribution in [-0.4, -0.2) is 49.1 Å². The number of rotatable bonds is 7. The summed E-state index contributed by atoms with van der Waals surface area (Å²) in [5.74, 6) is -0.288. The summed E-state index contributed by atoms with van der Waals surface area (Å²) < 4.78 is 28.3. The number of sulfonamides is 1. The lowest BCUT2D eigenvalue weighted by Crippen LogP contribution is -2.45. The van der Waals surface area contributed by atoms with Crippen LogP contribution in [0.15, 0.2) is 71.6 Å². The van der Waals surface area contributed by atoms with Crippen molar-refractivity contribution < 1.29 is 17.8 Å². The van der Waals surface area contributed by atoms with Gasteiger partial charge < -0.3 is 5.73 Å². The highest BCUT2D eigenvalue weighted by atomic mass is 32.2. The molecule has 2 aromatic rings. The van der Waals surface area contributed by atoms with Crippen molar-refractivity contribution in [2.75, 3.05) is 13.1 Å². The Kier molecular flexibility index (Phi) is 6.97. The molecule has 1 unspecified atom stereocenters. The van der Waals surface area contributed by atoms with E-state index in [0.717, 1.165) is 18.4 Å². The molecule has 1 atom stereocenters. The summed E-state index contributed by atoms with van der Waals surface area (Å²) in [6.07, 6.45) is 2.83. The van der Waals surface area contributed by atoms with Crippen LogP contribution in [0.1, 0.15) is 24.8 Å². The lowest BCUT2D eigenvalue weighted by molar-refractivity contribution is -0.353. The van der Waals surface area contributed by atoms with Crippen LogP contribution in [0.2, 0.25) is 0 Å². The topological polar surface area (TPSA) is 83.5 Å². The zero-order valence-electron chi connectivity index (χ0n) is 17.0. The molecule has 1 heterocycles. The predicted molar refractivity (Wildman–Crippen MR) is 118 cm³/mol. The van der Waals surface area contributed by atoms with Crippen molar-refractivity contribution in [3.05, 3.63) is 72.3 Å². The Bertz CT molecular complexity index is 1030. The summed E-state index contributed by atoms with van der Waals surface area (Å²) in [7, 11) is -3.60. The summed E-state index contributed by atoms with van der Waals surface area (Å²) in [4.78, 5) is 12.8. The van der Waals surface area contributed by atoms with Crippen LogP contribution in [0.25, 0.3) is 0 Å². The van der Waals surface area contributed by atoms with Gasteiger partial charge in [0.1, 0.15) is 6.72 Å². The third kappa shape index (κ3) is 5.11. The number of aryl methyl sites for hydroxylation is 1. The van der Waals surface area contributed by atoms with Crippen LogP contribution < -0.4 is 5.73 Å². The molecular weight excluding hydrogens is 398 g/mol. The zero-order valence-corrected chi connectivity index (χ0v) is 17.9. The number of amides is 1. The summed E-state index contributed by atoms with van der Waals surface area (Å²) in [5.41, 5.74) is 8.01. The average molecular weight is 427 g/mol. The lowest BCUT2D eigenvalue weighted by Gasteiger charge is -2.29. The number of nitrogens with two attached hydrogens (primary N) is 1. The van der Waals surface area contributed by atoms with Crippen LogP contribution >= 0.6 is 0 Å². The first-order valence-corrected chi connectivity index (χ1v) is 11.5. The molecular formula is C23H28N3O3S+. The van der Waals surface area contributed by atoms with Gasteiger partial charge >= 0.3 is 5.91 Å². The predicted octanol–water partition coefficient (Wildman–Crippen LogP) is 2.86. The van der Waals surface area contributed by atoms with E-state index in [1.807, 2.05) is 30.3 Å². The fraction of sp³-hybridized carbons (Fsp3) is 0.304. The minimum Gasteiger partial charge on any atom is -0.327 e. The van der Waals surface area contributed by atoms with Crippen LogP contribution in [0.3, 0.4) is 0 Å². The molecule has 0 bridgehead atoms. The molecule has 0 aromatic heterocycles. The highest BCUT2D eigenvalue weighted by Crippen LogP contribution is 2.23. The molecule has 1 saturated heterocycles. The summed E-state index contributed by atoms with van der Waals surface area (Å²) in [5, 5.41) is 0. The normalized spacial score (nSPS) is 17.4. The highest BCUT2D eigenvalue weighted by Gasteiger charge is 2.29. The number of hydrogen-bond acceptors (Lipinski definition) is 4. The van der Waals surface area contributed by atoms with Gasteiger partial charge in [0.05, 0.1) is 10.5 Å². The molecule has 2 aromatic carbocycles. The number of benzene rings is 2. The van der Waals surface area contributed by atoms with Gasteiger partial charge in [0, 0.05) is 31.3 Å². The number of hydrogen-bond donors (Lipinski definition) is 1. The van der Waals surface area contributed by atoms with Crippen LogP contribution in [0.4, 0.5) is 5.69 Å². The van der Waals surface area contributed by atoms with Gasteiger partial charge in [-0.25, -0.2) is 13.2 Å². The van der Waals surface area contributed by atoms with Crippen LogP contribution in [0.5, 0.6) is 0 Å². The monoisotopic (exact) mass is 426 g/mol. The third-order valence-electron chi connectivity index (χ3n) is 5.31. The van der Waals surface area contributed by atoms with Gasteiger partial charge in [0.25, 0.3) is 0 Å². The van der Waals surface area contributed by atoms with Crippen molar-refractivity contribution in [1.82, 2.24) is 4.31 Å². The molecule has 3 rings (SSSR count). The van der Waals surface area contributed by atoms with Gasteiger partial charge in [-0.15, -0.1) is 4.58 Å². The second kappa shape index (κ2) is 9.47. The van der Waals surface area contributed by atoms with E-state index in [9.17, 15) is 13.2 Å². The lowest BCUT2D eigenvalue weighted by atomic mass is 10.1. The molecule has 1 aliphatic heterocycles. The third-order valence-corrected chi connectivity index (χ3v) is 7.19. The Morgan fingerprint density at radius 3 is 2.43 bits per heavy atom.